The summed E-state index contributed by atoms with van der Waals surface area (Å²) in [5.41, 5.74) is 0.100. The Morgan fingerprint density at radius 1 is 0.433 bits per heavy atom. The van der Waals surface area contributed by atoms with Gasteiger partial charge in [0.05, 0.1) is 0 Å². The standard InChI is InChI=1S/C56H98O4/c1-35(2)37(5)17-19-39(7)45-25-27-47-43-23-21-41-15-13-31-55(57,53(41,11)49(43)29-33-51(45,47)9)59-60-56(58)32-14-16-42-22-24-44-48-28-26-46(40(8)20-18-38(6)36(3)4)52(48,10)34-30-50(44)54(42,56)12/h35-50,57-58H,13-34H2,1-12H3/t37-,38-,39+,40+,41+,42+,43+,44+,45+,46+,47-,48-,49-,50-,51+,52+,53-,54-,55?,56?/m0/s1. The maximum Gasteiger partial charge on any atom is 0.205 e. The largest absolute Gasteiger partial charge is 0.363 e. The van der Waals surface area contributed by atoms with Gasteiger partial charge in [0.15, 0.2) is 0 Å². The van der Waals surface area contributed by atoms with Gasteiger partial charge in [-0.2, -0.15) is 9.78 Å². The predicted molar refractivity (Wildman–Crippen MR) is 247 cm³/mol. The molecule has 4 heteroatoms. The minimum absolute atomic E-state index is 0.360. The Kier molecular flexibility index (Phi) is 13.1. The maximum atomic E-state index is 13.2. The van der Waals surface area contributed by atoms with Crippen molar-refractivity contribution in [3.8, 4) is 0 Å². The van der Waals surface area contributed by atoms with Crippen molar-refractivity contribution in [1.29, 1.82) is 0 Å². The summed E-state index contributed by atoms with van der Waals surface area (Å²) in [4.78, 5) is 13.6. The van der Waals surface area contributed by atoms with Crippen molar-refractivity contribution in [2.75, 3.05) is 0 Å². The third-order valence-electron chi connectivity index (χ3n) is 23.9. The molecule has 0 spiro atoms. The Labute approximate surface area is 371 Å². The summed E-state index contributed by atoms with van der Waals surface area (Å²) in [5.74, 6) is 8.20. The highest BCUT2D eigenvalue weighted by Crippen LogP contribution is 2.73. The van der Waals surface area contributed by atoms with E-state index in [2.05, 4.69) is 83.1 Å². The molecule has 2 unspecified atom stereocenters. The minimum atomic E-state index is -1.37. The highest BCUT2D eigenvalue weighted by atomic mass is 17.2. The zero-order chi connectivity index (χ0) is 43.2. The SMILES string of the molecule is CC(C)[C@@H](C)CC[C@@H](C)[C@H]1CC[C@H]2[C@H]3CC[C@H]4CCCC(O)(OOC5(O)CCC[C@@H]6CC[C@@H]7[C@@H]8CC[C@H]([C@H](C)CC[C@H](C)C(C)C)[C@@]8(C)CC[C@@H]7[C@]65C)[C@]4(C)[C@H]3CC[C@]12C. The van der Waals surface area contributed by atoms with Gasteiger partial charge in [-0.15, -0.1) is 0 Å². The quantitative estimate of drug-likeness (QED) is 0.110. The first-order valence-corrected chi connectivity index (χ1v) is 27.1. The molecule has 0 saturated heterocycles. The summed E-state index contributed by atoms with van der Waals surface area (Å²) in [5, 5.41) is 26.4. The van der Waals surface area contributed by atoms with Crippen LogP contribution < -0.4 is 0 Å². The molecule has 8 aliphatic rings. The summed E-state index contributed by atoms with van der Waals surface area (Å²) in [7, 11) is 0. The molecule has 60 heavy (non-hydrogen) atoms. The lowest BCUT2D eigenvalue weighted by Crippen LogP contribution is -2.67. The van der Waals surface area contributed by atoms with Crippen molar-refractivity contribution >= 4 is 0 Å². The lowest BCUT2D eigenvalue weighted by atomic mass is 9.43. The van der Waals surface area contributed by atoms with Crippen molar-refractivity contribution < 1.29 is 20.0 Å². The van der Waals surface area contributed by atoms with Crippen LogP contribution in [0, 0.1) is 116 Å². The van der Waals surface area contributed by atoms with Crippen LogP contribution in [0.4, 0.5) is 0 Å². The lowest BCUT2D eigenvalue weighted by Gasteiger charge is -2.66. The van der Waals surface area contributed by atoms with Crippen LogP contribution in [0.2, 0.25) is 0 Å². The minimum Gasteiger partial charge on any atom is -0.363 e. The van der Waals surface area contributed by atoms with Gasteiger partial charge in [0.2, 0.25) is 11.6 Å². The van der Waals surface area contributed by atoms with Crippen LogP contribution in [0.25, 0.3) is 0 Å². The maximum absolute atomic E-state index is 13.2. The molecule has 0 aromatic carbocycles. The summed E-state index contributed by atoms with van der Waals surface area (Å²) in [6.45, 7) is 29.9. The molecule has 0 aliphatic heterocycles. The fourth-order valence-electron chi connectivity index (χ4n) is 19.2. The molecule has 20 atom stereocenters. The molecule has 8 rings (SSSR count). The number of rotatable bonds is 13. The molecule has 0 bridgehead atoms. The van der Waals surface area contributed by atoms with Gasteiger partial charge >= 0.3 is 0 Å². The average Bonchev–Trinajstić information content (AvgIpc) is 3.76. The average molecular weight is 835 g/mol. The van der Waals surface area contributed by atoms with Crippen molar-refractivity contribution in [3.05, 3.63) is 0 Å². The van der Waals surface area contributed by atoms with Gasteiger partial charge in [-0.25, -0.2) is 0 Å². The predicted octanol–water partition coefficient (Wildman–Crippen LogP) is 15.0. The number of hydrogen-bond acceptors (Lipinski definition) is 4. The summed E-state index contributed by atoms with van der Waals surface area (Å²) in [6, 6.07) is 0. The van der Waals surface area contributed by atoms with Crippen LogP contribution in [-0.4, -0.2) is 21.8 Å². The molecule has 0 amide bonds. The smallest absolute Gasteiger partial charge is 0.205 e. The van der Waals surface area contributed by atoms with Gasteiger partial charge in [-0.3, -0.25) is 0 Å². The summed E-state index contributed by atoms with van der Waals surface area (Å²) >= 11 is 0. The molecular weight excluding hydrogens is 737 g/mol. The second-order valence-electron chi connectivity index (χ2n) is 26.4. The van der Waals surface area contributed by atoms with Crippen LogP contribution in [0.3, 0.4) is 0 Å². The monoisotopic (exact) mass is 835 g/mol. The van der Waals surface area contributed by atoms with Crippen molar-refractivity contribution in [2.24, 2.45) is 116 Å². The highest BCUT2D eigenvalue weighted by Gasteiger charge is 2.70. The van der Waals surface area contributed by atoms with Crippen LogP contribution in [0.1, 0.15) is 224 Å². The molecular formula is C56H98O4. The summed E-state index contributed by atoms with van der Waals surface area (Å²) < 4.78 is 0. The van der Waals surface area contributed by atoms with Crippen molar-refractivity contribution in [2.45, 2.75) is 236 Å². The zero-order valence-corrected chi connectivity index (χ0v) is 41.5. The van der Waals surface area contributed by atoms with E-state index in [1.165, 1.54) is 116 Å². The number of aliphatic hydroxyl groups is 2. The molecule has 8 aliphatic carbocycles. The Morgan fingerprint density at radius 2 is 0.817 bits per heavy atom. The Balaban J connectivity index is 0.988. The molecule has 346 valence electrons. The van der Waals surface area contributed by atoms with E-state index in [1.54, 1.807) is 0 Å². The first-order chi connectivity index (χ1) is 28.2. The molecule has 8 saturated carbocycles. The van der Waals surface area contributed by atoms with Gasteiger partial charge in [0.25, 0.3) is 0 Å². The normalized spacial score (nSPS) is 50.8. The van der Waals surface area contributed by atoms with E-state index in [9.17, 15) is 10.2 Å². The topological polar surface area (TPSA) is 58.9 Å². The Bertz CT molecular complexity index is 1370. The second-order valence-corrected chi connectivity index (χ2v) is 26.4. The summed E-state index contributed by atoms with van der Waals surface area (Å²) in [6.07, 6.45) is 26.5. The van der Waals surface area contributed by atoms with Crippen LogP contribution in [0.15, 0.2) is 0 Å². The second kappa shape index (κ2) is 16.9. The fourth-order valence-corrected chi connectivity index (χ4v) is 19.2. The van der Waals surface area contributed by atoms with Gasteiger partial charge in [0.1, 0.15) is 0 Å². The van der Waals surface area contributed by atoms with E-state index in [0.29, 0.717) is 59.2 Å². The number of hydrogen-bond donors (Lipinski definition) is 2. The molecule has 2 N–H and O–H groups in total. The van der Waals surface area contributed by atoms with E-state index in [1.807, 2.05) is 0 Å². The third kappa shape index (κ3) is 7.22. The van der Waals surface area contributed by atoms with Gasteiger partial charge in [-0.05, 0) is 208 Å². The molecule has 0 aromatic heterocycles. The van der Waals surface area contributed by atoms with Crippen molar-refractivity contribution in [1.82, 2.24) is 0 Å². The first-order valence-electron chi connectivity index (χ1n) is 27.1. The van der Waals surface area contributed by atoms with Gasteiger partial charge < -0.3 is 10.2 Å². The molecule has 0 aromatic rings. The molecule has 4 nitrogen and oxygen atoms in total. The highest BCUT2D eigenvalue weighted by molar-refractivity contribution is 5.15. The molecule has 0 heterocycles. The first kappa shape index (κ1) is 46.4. The molecule has 0 radical (unpaired) electrons. The Morgan fingerprint density at radius 3 is 1.18 bits per heavy atom. The van der Waals surface area contributed by atoms with Crippen LogP contribution in [0.5, 0.6) is 0 Å². The zero-order valence-electron chi connectivity index (χ0n) is 41.5. The lowest BCUT2D eigenvalue weighted by molar-refractivity contribution is -0.550. The number of fused-ring (bicyclic) bond motifs is 10. The fraction of sp³-hybridized carbons (Fsp3) is 1.00. The Hall–Kier alpha value is -0.160. The van der Waals surface area contributed by atoms with Gasteiger partial charge in [-0.1, -0.05) is 109 Å². The van der Waals surface area contributed by atoms with E-state index in [4.69, 9.17) is 9.78 Å². The molecule has 8 fully saturated rings. The van der Waals surface area contributed by atoms with E-state index < -0.39 is 11.6 Å². The van der Waals surface area contributed by atoms with Crippen molar-refractivity contribution in [3.63, 3.8) is 0 Å². The van der Waals surface area contributed by atoms with E-state index >= 15 is 0 Å². The third-order valence-corrected chi connectivity index (χ3v) is 23.9. The van der Waals surface area contributed by atoms with Crippen LogP contribution in [-0.2, 0) is 9.78 Å². The van der Waals surface area contributed by atoms with Gasteiger partial charge in [0, 0.05) is 23.7 Å². The van der Waals surface area contributed by atoms with Crippen LogP contribution >= 0.6 is 0 Å². The van der Waals surface area contributed by atoms with E-state index in [-0.39, 0.29) is 10.8 Å². The van der Waals surface area contributed by atoms with E-state index in [0.717, 1.165) is 72.0 Å².